The van der Waals surface area contributed by atoms with E-state index in [0.29, 0.717) is 0 Å². The van der Waals surface area contributed by atoms with Crippen molar-refractivity contribution in [2.24, 2.45) is 0 Å². The Hall–Kier alpha value is -2.44. The Morgan fingerprint density at radius 1 is 0.875 bits per heavy atom. The van der Waals surface area contributed by atoms with Gasteiger partial charge in [0.25, 0.3) is 0 Å². The van der Waals surface area contributed by atoms with Crippen molar-refractivity contribution >= 4 is 17.7 Å². The van der Waals surface area contributed by atoms with Crippen molar-refractivity contribution in [3.8, 4) is 11.1 Å². The summed E-state index contributed by atoms with van der Waals surface area (Å²) in [4.78, 5) is 12.4. The van der Waals surface area contributed by atoms with Gasteiger partial charge < -0.3 is 33.8 Å². The predicted octanol–water partition coefficient (Wildman–Crippen LogP) is 3.14. The highest BCUT2D eigenvalue weighted by Crippen LogP contribution is 2.22. The fraction of sp³-hybridized carbons (Fsp3) is 0.250. The van der Waals surface area contributed by atoms with E-state index >= 15 is 0 Å². The van der Waals surface area contributed by atoms with Gasteiger partial charge in [-0.15, -0.1) is 0 Å². The van der Waals surface area contributed by atoms with Crippen molar-refractivity contribution in [2.75, 3.05) is 25.5 Å². The molecule has 4 heteroatoms. The lowest BCUT2D eigenvalue weighted by Gasteiger charge is -2.37. The number of benzene rings is 3. The third-order valence-electron chi connectivity index (χ3n) is 6.10. The summed E-state index contributed by atoms with van der Waals surface area (Å²) >= 11 is 0. The van der Waals surface area contributed by atoms with Crippen LogP contribution >= 0.6 is 0 Å². The molecule has 0 saturated carbocycles. The third kappa shape index (κ3) is 6.78. The first-order valence-corrected chi connectivity index (χ1v) is 11.2. The number of anilines is 1. The van der Waals surface area contributed by atoms with Crippen LogP contribution in [0.5, 0.6) is 0 Å². The molecule has 1 aliphatic heterocycles. The second kappa shape index (κ2) is 11.4. The minimum atomic E-state index is -0.118. The number of hydrogen-bond acceptors (Lipinski definition) is 1. The zero-order valence-corrected chi connectivity index (χ0v) is 20.8. The average molecular weight is 538 g/mol. The predicted molar refractivity (Wildman–Crippen MR) is 129 cm³/mol. The molecule has 0 aromatic heterocycles. The molecule has 0 spiro atoms. The maximum Gasteiger partial charge on any atom is 0.248 e. The summed E-state index contributed by atoms with van der Waals surface area (Å²) in [6.45, 7) is 3.58. The number of carbonyl (C=O) groups excluding carboxylic acids is 1. The van der Waals surface area contributed by atoms with Crippen LogP contribution in [-0.2, 0) is 11.3 Å². The van der Waals surface area contributed by atoms with E-state index in [1.54, 1.807) is 6.08 Å². The van der Waals surface area contributed by atoms with Crippen molar-refractivity contribution in [1.82, 2.24) is 0 Å². The van der Waals surface area contributed by atoms with Crippen molar-refractivity contribution in [3.63, 3.8) is 0 Å². The molecule has 1 N–H and O–H groups in total. The molecule has 32 heavy (non-hydrogen) atoms. The fourth-order valence-electron chi connectivity index (χ4n) is 4.38. The Kier molecular flexibility index (Phi) is 8.65. The van der Waals surface area contributed by atoms with Gasteiger partial charge in [-0.05, 0) is 60.2 Å². The van der Waals surface area contributed by atoms with Crippen LogP contribution < -0.4 is 29.3 Å². The molecule has 0 unspecified atom stereocenters. The number of nitrogens with zero attached hydrogens (tertiary/aromatic N) is 1. The van der Waals surface area contributed by atoms with E-state index in [-0.39, 0.29) is 29.9 Å². The topological polar surface area (TPSA) is 29.1 Å². The lowest BCUT2D eigenvalue weighted by atomic mass is 10.0. The van der Waals surface area contributed by atoms with Gasteiger partial charge in [0.05, 0.1) is 20.1 Å². The summed E-state index contributed by atoms with van der Waals surface area (Å²) in [5, 5.41) is 2.97. The molecule has 1 fully saturated rings. The standard InChI is InChI=1S/C28H30N2O.HI/c1-30(19-6-3-7-20-30)22-24-13-16-27(17-14-24)29-28(31)18-15-23-9-8-12-26(21-23)25-10-4-2-5-11-25;/h2,4-5,8-18,21H,3,6-7,19-20,22H2,1H3;1H. The average Bonchev–Trinajstić information content (AvgIpc) is 2.80. The van der Waals surface area contributed by atoms with Gasteiger partial charge in [0.1, 0.15) is 6.54 Å². The van der Waals surface area contributed by atoms with Crippen molar-refractivity contribution in [2.45, 2.75) is 25.8 Å². The molecule has 0 radical (unpaired) electrons. The SMILES string of the molecule is C[N+]1(Cc2ccc(NC(=O)C=Cc3cccc(-c4ccccc4)c3)cc2)CCCCC1.[I-]. The zero-order chi connectivity index (χ0) is 21.5. The van der Waals surface area contributed by atoms with Crippen molar-refractivity contribution in [3.05, 3.63) is 96.1 Å². The molecular formula is C28H31IN2O. The minimum absolute atomic E-state index is 0. The second-order valence-corrected chi connectivity index (χ2v) is 8.80. The molecule has 3 aromatic rings. The summed E-state index contributed by atoms with van der Waals surface area (Å²) in [5.41, 5.74) is 5.48. The first-order valence-electron chi connectivity index (χ1n) is 11.2. The Morgan fingerprint density at radius 2 is 1.56 bits per heavy atom. The second-order valence-electron chi connectivity index (χ2n) is 8.80. The first kappa shape index (κ1) is 24.2. The van der Waals surface area contributed by atoms with Gasteiger partial charge in [-0.2, -0.15) is 0 Å². The Balaban J connectivity index is 0.00000289. The van der Waals surface area contributed by atoms with E-state index in [1.165, 1.54) is 43.5 Å². The zero-order valence-electron chi connectivity index (χ0n) is 18.6. The number of quaternary nitrogens is 1. The number of amides is 1. The molecule has 1 heterocycles. The lowest BCUT2D eigenvalue weighted by Crippen LogP contribution is -3.00. The summed E-state index contributed by atoms with van der Waals surface area (Å²) in [5.74, 6) is -0.118. The highest BCUT2D eigenvalue weighted by atomic mass is 127. The Morgan fingerprint density at radius 3 is 2.28 bits per heavy atom. The highest BCUT2D eigenvalue weighted by Gasteiger charge is 2.24. The fourth-order valence-corrected chi connectivity index (χ4v) is 4.38. The number of likely N-dealkylation sites (tertiary alicyclic amines) is 1. The van der Waals surface area contributed by atoms with Crippen LogP contribution in [0.25, 0.3) is 17.2 Å². The van der Waals surface area contributed by atoms with Crippen molar-refractivity contribution < 1.29 is 33.3 Å². The van der Waals surface area contributed by atoms with Crippen LogP contribution in [0, 0.1) is 0 Å². The molecule has 1 amide bonds. The Labute approximate surface area is 208 Å². The van der Waals surface area contributed by atoms with Gasteiger partial charge >= 0.3 is 0 Å². The number of halogens is 1. The van der Waals surface area contributed by atoms with Crippen LogP contribution in [0.1, 0.15) is 30.4 Å². The van der Waals surface area contributed by atoms with E-state index in [0.717, 1.165) is 27.8 Å². The number of piperidine rings is 1. The molecular weight excluding hydrogens is 507 g/mol. The van der Waals surface area contributed by atoms with Gasteiger partial charge in [-0.25, -0.2) is 0 Å². The summed E-state index contributed by atoms with van der Waals surface area (Å²) in [6.07, 6.45) is 7.47. The van der Waals surface area contributed by atoms with Crippen LogP contribution in [0.3, 0.4) is 0 Å². The van der Waals surface area contributed by atoms with E-state index < -0.39 is 0 Å². The van der Waals surface area contributed by atoms with Gasteiger partial charge in [-0.3, -0.25) is 4.79 Å². The normalized spacial score (nSPS) is 15.2. The quantitative estimate of drug-likeness (QED) is 0.292. The molecule has 1 aliphatic rings. The van der Waals surface area contributed by atoms with Crippen LogP contribution in [0.2, 0.25) is 0 Å². The number of nitrogens with one attached hydrogen (secondary N) is 1. The maximum absolute atomic E-state index is 12.4. The van der Waals surface area contributed by atoms with E-state index in [1.807, 2.05) is 48.5 Å². The lowest BCUT2D eigenvalue weighted by molar-refractivity contribution is -0.926. The summed E-state index contributed by atoms with van der Waals surface area (Å²) < 4.78 is 1.12. The molecule has 0 aliphatic carbocycles. The minimum Gasteiger partial charge on any atom is -1.00 e. The van der Waals surface area contributed by atoms with E-state index in [2.05, 4.69) is 48.8 Å². The third-order valence-corrected chi connectivity index (χ3v) is 6.10. The molecule has 166 valence electrons. The monoisotopic (exact) mass is 538 g/mol. The van der Waals surface area contributed by atoms with Gasteiger partial charge in [-0.1, -0.05) is 60.7 Å². The Bertz CT molecular complexity index is 1040. The number of rotatable bonds is 6. The van der Waals surface area contributed by atoms with Crippen molar-refractivity contribution in [1.29, 1.82) is 0 Å². The molecule has 3 aromatic carbocycles. The summed E-state index contributed by atoms with van der Waals surface area (Å²) in [7, 11) is 2.35. The first-order chi connectivity index (χ1) is 15.1. The van der Waals surface area contributed by atoms with Crippen LogP contribution in [-0.4, -0.2) is 30.5 Å². The smallest absolute Gasteiger partial charge is 0.248 e. The number of carbonyl (C=O) groups is 1. The maximum atomic E-state index is 12.4. The highest BCUT2D eigenvalue weighted by molar-refractivity contribution is 6.02. The van der Waals surface area contributed by atoms with Gasteiger partial charge in [0.2, 0.25) is 5.91 Å². The van der Waals surface area contributed by atoms with Crippen LogP contribution in [0.4, 0.5) is 5.69 Å². The molecule has 4 rings (SSSR count). The number of hydrogen-bond donors (Lipinski definition) is 1. The summed E-state index contributed by atoms with van der Waals surface area (Å²) in [6, 6.07) is 26.8. The van der Waals surface area contributed by atoms with Crippen LogP contribution in [0.15, 0.2) is 84.9 Å². The molecule has 3 nitrogen and oxygen atoms in total. The largest absolute Gasteiger partial charge is 1.00 e. The van der Waals surface area contributed by atoms with Gasteiger partial charge in [0, 0.05) is 17.3 Å². The molecule has 0 bridgehead atoms. The molecule has 1 saturated heterocycles. The van der Waals surface area contributed by atoms with E-state index in [9.17, 15) is 4.79 Å². The van der Waals surface area contributed by atoms with E-state index in [4.69, 9.17) is 0 Å². The molecule has 0 atom stereocenters. The van der Waals surface area contributed by atoms with Gasteiger partial charge in [0.15, 0.2) is 0 Å².